The predicted molar refractivity (Wildman–Crippen MR) is 108 cm³/mol. The van der Waals surface area contributed by atoms with Crippen LogP contribution in [0.3, 0.4) is 0 Å². The van der Waals surface area contributed by atoms with Gasteiger partial charge in [0.25, 0.3) is 0 Å². The highest BCUT2D eigenvalue weighted by atomic mass is 32.1. The van der Waals surface area contributed by atoms with Crippen molar-refractivity contribution in [1.29, 1.82) is 0 Å². The van der Waals surface area contributed by atoms with E-state index >= 15 is 0 Å². The second-order valence-electron chi connectivity index (χ2n) is 5.75. The summed E-state index contributed by atoms with van der Waals surface area (Å²) < 4.78 is 0. The number of amides is 2. The number of carbonyl (C=O) groups excluding carboxylic acids is 3. The highest BCUT2D eigenvalue weighted by Gasteiger charge is 2.12. The molecule has 0 fully saturated rings. The summed E-state index contributed by atoms with van der Waals surface area (Å²) in [5, 5.41) is 9.62. The summed E-state index contributed by atoms with van der Waals surface area (Å²) in [6, 6.07) is 10.9. The lowest BCUT2D eigenvalue weighted by Crippen LogP contribution is -2.13. The van der Waals surface area contributed by atoms with Gasteiger partial charge in [-0.2, -0.15) is 0 Å². The first-order valence-corrected chi connectivity index (χ1v) is 9.97. The van der Waals surface area contributed by atoms with Crippen LogP contribution in [0.15, 0.2) is 47.2 Å². The first-order valence-electron chi connectivity index (χ1n) is 8.21. The fourth-order valence-corrected chi connectivity index (χ4v) is 3.79. The van der Waals surface area contributed by atoms with E-state index in [1.54, 1.807) is 18.2 Å². The lowest BCUT2D eigenvalue weighted by Gasteiger charge is -2.03. The summed E-state index contributed by atoms with van der Waals surface area (Å²) in [7, 11) is 0. The molecule has 3 rings (SSSR count). The zero-order chi connectivity index (χ0) is 19.2. The van der Waals surface area contributed by atoms with Crippen molar-refractivity contribution in [3.63, 3.8) is 0 Å². The summed E-state index contributed by atoms with van der Waals surface area (Å²) in [6.07, 6.45) is 0.298. The second kappa shape index (κ2) is 8.70. The number of thiazole rings is 1. The number of aromatic nitrogens is 1. The van der Waals surface area contributed by atoms with Crippen LogP contribution >= 0.6 is 22.7 Å². The molecule has 0 aliphatic heterocycles. The maximum absolute atomic E-state index is 12.0. The number of carbonyl (C=O) groups is 3. The van der Waals surface area contributed by atoms with Gasteiger partial charge in [-0.25, -0.2) is 4.98 Å². The van der Waals surface area contributed by atoms with Gasteiger partial charge in [0.1, 0.15) is 0 Å². The molecular weight excluding hydrogens is 382 g/mol. The van der Waals surface area contributed by atoms with E-state index in [0.717, 1.165) is 11.3 Å². The molecule has 0 aliphatic carbocycles. The fourth-order valence-electron chi connectivity index (χ4n) is 2.36. The number of hydrogen-bond acceptors (Lipinski definition) is 6. The van der Waals surface area contributed by atoms with Crippen molar-refractivity contribution in [2.24, 2.45) is 0 Å². The number of Topliss-reactive ketones (excluding diaryl/α,β-unsaturated/α-hetero) is 1. The molecule has 2 amide bonds. The number of thiophene rings is 1. The Kier molecular flexibility index (Phi) is 6.10. The third-order valence-corrected chi connectivity index (χ3v) is 5.30. The number of anilines is 2. The molecule has 0 aliphatic rings. The van der Waals surface area contributed by atoms with Crippen LogP contribution in [0, 0.1) is 0 Å². The molecule has 6 nitrogen and oxygen atoms in total. The molecule has 0 spiro atoms. The van der Waals surface area contributed by atoms with Crippen molar-refractivity contribution in [2.75, 3.05) is 10.6 Å². The largest absolute Gasteiger partial charge is 0.326 e. The SMILES string of the molecule is CC(=O)Nc1ccc(-c2csc(NC(=O)CCC(=O)c3cccs3)n2)cc1. The zero-order valence-corrected chi connectivity index (χ0v) is 16.2. The van der Waals surface area contributed by atoms with Crippen LogP contribution in [0.4, 0.5) is 10.8 Å². The Morgan fingerprint density at radius 2 is 1.78 bits per heavy atom. The molecule has 0 bridgehead atoms. The number of nitrogens with zero attached hydrogens (tertiary/aromatic N) is 1. The zero-order valence-electron chi connectivity index (χ0n) is 14.5. The van der Waals surface area contributed by atoms with Crippen molar-refractivity contribution >= 4 is 51.1 Å². The summed E-state index contributed by atoms with van der Waals surface area (Å²) in [6.45, 7) is 1.46. The molecular formula is C19H17N3O3S2. The van der Waals surface area contributed by atoms with E-state index < -0.39 is 0 Å². The second-order valence-corrected chi connectivity index (χ2v) is 7.55. The normalized spacial score (nSPS) is 10.4. The number of benzene rings is 1. The minimum absolute atomic E-state index is 0.0285. The summed E-state index contributed by atoms with van der Waals surface area (Å²) in [4.78, 5) is 40.1. The van der Waals surface area contributed by atoms with Crippen LogP contribution in [0.25, 0.3) is 11.3 Å². The van der Waals surface area contributed by atoms with Gasteiger partial charge in [0.2, 0.25) is 11.8 Å². The number of nitrogens with one attached hydrogen (secondary N) is 2. The van der Waals surface area contributed by atoms with Crippen LogP contribution in [-0.2, 0) is 9.59 Å². The Hall–Kier alpha value is -2.84. The first kappa shape index (κ1) is 18.9. The van der Waals surface area contributed by atoms with Gasteiger partial charge in [0.15, 0.2) is 10.9 Å². The first-order chi connectivity index (χ1) is 13.0. The minimum atomic E-state index is -0.234. The Morgan fingerprint density at radius 1 is 1.00 bits per heavy atom. The van der Waals surface area contributed by atoms with Crippen molar-refractivity contribution in [2.45, 2.75) is 19.8 Å². The van der Waals surface area contributed by atoms with E-state index in [9.17, 15) is 14.4 Å². The third-order valence-electron chi connectivity index (χ3n) is 3.63. The molecule has 8 heteroatoms. The Labute approximate surface area is 164 Å². The standard InChI is InChI=1S/C19H17N3O3S2/c1-12(23)20-14-6-4-13(5-7-14)15-11-27-19(21-15)22-18(25)9-8-16(24)17-3-2-10-26-17/h2-7,10-11H,8-9H2,1H3,(H,20,23)(H,21,22,25). The third kappa shape index (κ3) is 5.32. The van der Waals surface area contributed by atoms with Gasteiger partial charge in [-0.05, 0) is 23.6 Å². The Balaban J connectivity index is 1.55. The van der Waals surface area contributed by atoms with Gasteiger partial charge in [0.05, 0.1) is 10.6 Å². The van der Waals surface area contributed by atoms with Crippen LogP contribution in [-0.4, -0.2) is 22.6 Å². The molecule has 2 aromatic heterocycles. The molecule has 2 N–H and O–H groups in total. The maximum Gasteiger partial charge on any atom is 0.226 e. The van der Waals surface area contributed by atoms with Gasteiger partial charge in [-0.15, -0.1) is 22.7 Å². The molecule has 3 aromatic rings. The molecule has 138 valence electrons. The van der Waals surface area contributed by atoms with Gasteiger partial charge >= 0.3 is 0 Å². The summed E-state index contributed by atoms with van der Waals surface area (Å²) in [5.74, 6) is -0.389. The van der Waals surface area contributed by atoms with Crippen LogP contribution in [0.5, 0.6) is 0 Å². The molecule has 2 heterocycles. The lowest BCUT2D eigenvalue weighted by atomic mass is 10.1. The number of ketones is 1. The minimum Gasteiger partial charge on any atom is -0.326 e. The molecule has 0 saturated carbocycles. The van der Waals surface area contributed by atoms with E-state index in [1.165, 1.54) is 29.6 Å². The number of rotatable bonds is 7. The average molecular weight is 399 g/mol. The molecule has 0 atom stereocenters. The smallest absolute Gasteiger partial charge is 0.226 e. The van der Waals surface area contributed by atoms with Crippen molar-refractivity contribution in [1.82, 2.24) is 4.98 Å². The number of hydrogen-bond donors (Lipinski definition) is 2. The van der Waals surface area contributed by atoms with Crippen molar-refractivity contribution < 1.29 is 14.4 Å². The topological polar surface area (TPSA) is 88.2 Å². The van der Waals surface area contributed by atoms with Gasteiger partial charge in [-0.3, -0.25) is 14.4 Å². The van der Waals surface area contributed by atoms with Gasteiger partial charge in [0, 0.05) is 36.4 Å². The van der Waals surface area contributed by atoms with Crippen LogP contribution in [0.1, 0.15) is 29.4 Å². The van der Waals surface area contributed by atoms with E-state index in [4.69, 9.17) is 0 Å². The summed E-state index contributed by atoms with van der Waals surface area (Å²) in [5.41, 5.74) is 2.33. The molecule has 0 saturated heterocycles. The van der Waals surface area contributed by atoms with Crippen LogP contribution < -0.4 is 10.6 Å². The fraction of sp³-hybridized carbons (Fsp3) is 0.158. The van der Waals surface area contributed by atoms with Gasteiger partial charge < -0.3 is 10.6 Å². The highest BCUT2D eigenvalue weighted by molar-refractivity contribution is 7.14. The van der Waals surface area contributed by atoms with Crippen molar-refractivity contribution in [3.8, 4) is 11.3 Å². The lowest BCUT2D eigenvalue weighted by molar-refractivity contribution is -0.116. The Bertz CT molecular complexity index is 947. The van der Waals surface area contributed by atoms with Crippen LogP contribution in [0.2, 0.25) is 0 Å². The molecule has 0 unspecified atom stereocenters. The van der Waals surface area contributed by atoms with Gasteiger partial charge in [-0.1, -0.05) is 18.2 Å². The Morgan fingerprint density at radius 3 is 2.44 bits per heavy atom. The molecule has 0 radical (unpaired) electrons. The molecule has 1 aromatic carbocycles. The molecule has 27 heavy (non-hydrogen) atoms. The van der Waals surface area contributed by atoms with E-state index in [1.807, 2.05) is 29.0 Å². The van der Waals surface area contributed by atoms with Crippen molar-refractivity contribution in [3.05, 3.63) is 52.0 Å². The monoisotopic (exact) mass is 399 g/mol. The predicted octanol–water partition coefficient (Wildman–Crippen LogP) is 4.43. The van der Waals surface area contributed by atoms with E-state index in [2.05, 4.69) is 15.6 Å². The van der Waals surface area contributed by atoms with E-state index in [-0.39, 0.29) is 30.4 Å². The van der Waals surface area contributed by atoms with E-state index in [0.29, 0.717) is 15.7 Å². The quantitative estimate of drug-likeness (QED) is 0.575. The summed E-state index contributed by atoms with van der Waals surface area (Å²) >= 11 is 2.70. The average Bonchev–Trinajstić information content (AvgIpc) is 3.32. The highest BCUT2D eigenvalue weighted by Crippen LogP contribution is 2.26. The maximum atomic E-state index is 12.0.